The van der Waals surface area contributed by atoms with Gasteiger partial charge in [-0.25, -0.2) is 0 Å². The Morgan fingerprint density at radius 3 is 2.56 bits per heavy atom. The Balaban J connectivity index is 2.62. The molecule has 5 nitrogen and oxygen atoms in total. The van der Waals surface area contributed by atoms with Crippen LogP contribution in [-0.2, 0) is 4.79 Å². The number of amides is 1. The van der Waals surface area contributed by atoms with Crippen molar-refractivity contribution in [1.82, 2.24) is 5.32 Å². The number of hydrogen-bond acceptors (Lipinski definition) is 3. The first-order valence-electron chi connectivity index (χ1n) is 5.29. The van der Waals surface area contributed by atoms with Crippen LogP contribution in [0.3, 0.4) is 0 Å². The molecule has 1 atom stereocenters. The third kappa shape index (κ3) is 4.35. The van der Waals surface area contributed by atoms with Crippen molar-refractivity contribution in [2.75, 3.05) is 6.54 Å². The molecular formula is C12H14ClNO4. The number of carboxylic acid groups (broad SMARTS) is 1. The fraction of sp³-hybridized carbons (Fsp3) is 0.333. The average molecular weight is 272 g/mol. The molecule has 0 aliphatic rings. The Labute approximate surface area is 109 Å². The van der Waals surface area contributed by atoms with Crippen molar-refractivity contribution >= 4 is 23.5 Å². The highest BCUT2D eigenvalue weighted by atomic mass is 35.5. The zero-order valence-electron chi connectivity index (χ0n) is 9.81. The van der Waals surface area contributed by atoms with Gasteiger partial charge in [0.1, 0.15) is 0 Å². The molecule has 0 fully saturated rings. The predicted octanol–water partition coefficient (Wildman–Crippen LogP) is 1.30. The van der Waals surface area contributed by atoms with Crippen molar-refractivity contribution in [1.29, 1.82) is 0 Å². The summed E-state index contributed by atoms with van der Waals surface area (Å²) >= 11 is 5.84. The van der Waals surface area contributed by atoms with E-state index in [1.807, 2.05) is 0 Å². The number of nitrogens with one attached hydrogen (secondary N) is 1. The van der Waals surface area contributed by atoms with Crippen LogP contribution in [0.15, 0.2) is 24.3 Å². The highest BCUT2D eigenvalue weighted by Gasteiger charge is 2.25. The molecule has 0 saturated carbocycles. The lowest BCUT2D eigenvalue weighted by atomic mass is 10.0. The second-order valence-electron chi connectivity index (χ2n) is 4.23. The Kier molecular flexibility index (Phi) is 4.69. The second kappa shape index (κ2) is 5.84. The number of aliphatic carboxylic acids is 1. The van der Waals surface area contributed by atoms with Gasteiger partial charge in [0.05, 0.1) is 22.6 Å². The van der Waals surface area contributed by atoms with Gasteiger partial charge in [-0.05, 0) is 19.1 Å². The average Bonchev–Trinajstić information content (AvgIpc) is 2.25. The Bertz CT molecular complexity index is 459. The lowest BCUT2D eigenvalue weighted by Gasteiger charge is -2.21. The standard InChI is InChI=1S/C12H14ClNO4/c1-12(18,6-10(15)16)7-14-11(17)8-4-2-3-5-9(8)13/h2-5,18H,6-7H2,1H3,(H,14,17)(H,15,16). The van der Waals surface area contributed by atoms with Gasteiger partial charge in [0.2, 0.25) is 0 Å². The summed E-state index contributed by atoms with van der Waals surface area (Å²) in [6.07, 6.45) is -0.449. The minimum atomic E-state index is -1.50. The van der Waals surface area contributed by atoms with Gasteiger partial charge in [0, 0.05) is 6.54 Å². The molecule has 1 unspecified atom stereocenters. The maximum Gasteiger partial charge on any atom is 0.306 e. The minimum Gasteiger partial charge on any atom is -0.481 e. The first-order valence-corrected chi connectivity index (χ1v) is 5.66. The molecule has 0 aliphatic carbocycles. The van der Waals surface area contributed by atoms with Crippen LogP contribution in [0.2, 0.25) is 5.02 Å². The number of carbonyl (C=O) groups excluding carboxylic acids is 1. The summed E-state index contributed by atoms with van der Waals surface area (Å²) in [5, 5.41) is 21.1. The fourth-order valence-electron chi connectivity index (χ4n) is 1.40. The van der Waals surface area contributed by atoms with Crippen molar-refractivity contribution in [2.24, 2.45) is 0 Å². The van der Waals surface area contributed by atoms with E-state index in [4.69, 9.17) is 16.7 Å². The van der Waals surface area contributed by atoms with E-state index in [0.29, 0.717) is 5.02 Å². The highest BCUT2D eigenvalue weighted by molar-refractivity contribution is 6.33. The number of hydrogen-bond donors (Lipinski definition) is 3. The molecule has 3 N–H and O–H groups in total. The molecule has 0 aromatic heterocycles. The number of carboxylic acids is 1. The van der Waals surface area contributed by atoms with Crippen LogP contribution >= 0.6 is 11.6 Å². The van der Waals surface area contributed by atoms with E-state index in [1.165, 1.54) is 6.92 Å². The van der Waals surface area contributed by atoms with Gasteiger partial charge >= 0.3 is 5.97 Å². The zero-order valence-corrected chi connectivity index (χ0v) is 10.6. The van der Waals surface area contributed by atoms with Crippen molar-refractivity contribution in [2.45, 2.75) is 18.9 Å². The topological polar surface area (TPSA) is 86.6 Å². The molecule has 0 radical (unpaired) electrons. The van der Waals surface area contributed by atoms with Gasteiger partial charge in [-0.2, -0.15) is 0 Å². The monoisotopic (exact) mass is 271 g/mol. The normalized spacial score (nSPS) is 13.7. The molecule has 6 heteroatoms. The van der Waals surface area contributed by atoms with E-state index in [2.05, 4.69) is 5.32 Å². The second-order valence-corrected chi connectivity index (χ2v) is 4.64. The summed E-state index contributed by atoms with van der Waals surface area (Å²) in [5.74, 6) is -1.58. The van der Waals surface area contributed by atoms with Crippen LogP contribution in [-0.4, -0.2) is 34.2 Å². The van der Waals surface area contributed by atoms with Crippen LogP contribution in [0.4, 0.5) is 0 Å². The summed E-state index contributed by atoms with van der Waals surface area (Å²) in [6, 6.07) is 6.48. The summed E-state index contributed by atoms with van der Waals surface area (Å²) in [5.41, 5.74) is -1.21. The van der Waals surface area contributed by atoms with E-state index in [9.17, 15) is 14.7 Å². The SMILES string of the molecule is CC(O)(CNC(=O)c1ccccc1Cl)CC(=O)O. The van der Waals surface area contributed by atoms with Gasteiger partial charge in [-0.1, -0.05) is 23.7 Å². The first-order chi connectivity index (χ1) is 8.32. The smallest absolute Gasteiger partial charge is 0.306 e. The fourth-order valence-corrected chi connectivity index (χ4v) is 1.62. The largest absolute Gasteiger partial charge is 0.481 e. The molecule has 0 heterocycles. The van der Waals surface area contributed by atoms with Gasteiger partial charge < -0.3 is 15.5 Å². The summed E-state index contributed by atoms with van der Waals surface area (Å²) < 4.78 is 0. The van der Waals surface area contributed by atoms with E-state index < -0.39 is 23.9 Å². The van der Waals surface area contributed by atoms with Crippen LogP contribution in [0, 0.1) is 0 Å². The van der Waals surface area contributed by atoms with E-state index >= 15 is 0 Å². The van der Waals surface area contributed by atoms with Gasteiger partial charge in [0.15, 0.2) is 0 Å². The van der Waals surface area contributed by atoms with Gasteiger partial charge in [-0.15, -0.1) is 0 Å². The minimum absolute atomic E-state index is 0.163. The van der Waals surface area contributed by atoms with Gasteiger partial charge in [-0.3, -0.25) is 9.59 Å². The Hall–Kier alpha value is -1.59. The third-order valence-electron chi connectivity index (χ3n) is 2.28. The molecule has 0 bridgehead atoms. The number of carbonyl (C=O) groups is 2. The van der Waals surface area contributed by atoms with E-state index in [1.54, 1.807) is 24.3 Å². The quantitative estimate of drug-likeness (QED) is 0.753. The number of halogens is 1. The lowest BCUT2D eigenvalue weighted by Crippen LogP contribution is -2.42. The van der Waals surface area contributed by atoms with E-state index in [0.717, 1.165) is 0 Å². The van der Waals surface area contributed by atoms with Crippen LogP contribution in [0.1, 0.15) is 23.7 Å². The van der Waals surface area contributed by atoms with Crippen molar-refractivity contribution in [3.05, 3.63) is 34.9 Å². The summed E-state index contributed by atoms with van der Waals surface area (Å²) in [4.78, 5) is 22.2. The summed E-state index contributed by atoms with van der Waals surface area (Å²) in [7, 11) is 0. The summed E-state index contributed by atoms with van der Waals surface area (Å²) in [6.45, 7) is 1.18. The molecule has 0 saturated heterocycles. The van der Waals surface area contributed by atoms with E-state index in [-0.39, 0.29) is 12.1 Å². The molecule has 1 aromatic rings. The van der Waals surface area contributed by atoms with Crippen molar-refractivity contribution in [3.63, 3.8) is 0 Å². The van der Waals surface area contributed by atoms with Crippen LogP contribution in [0.5, 0.6) is 0 Å². The lowest BCUT2D eigenvalue weighted by molar-refractivity contribution is -0.141. The van der Waals surface area contributed by atoms with Crippen molar-refractivity contribution in [3.8, 4) is 0 Å². The predicted molar refractivity (Wildman–Crippen MR) is 66.7 cm³/mol. The maximum atomic E-state index is 11.7. The Morgan fingerprint density at radius 2 is 2.00 bits per heavy atom. The molecule has 18 heavy (non-hydrogen) atoms. The molecule has 98 valence electrons. The number of rotatable bonds is 5. The first kappa shape index (κ1) is 14.5. The Morgan fingerprint density at radius 1 is 1.39 bits per heavy atom. The number of aliphatic hydroxyl groups is 1. The molecule has 0 aliphatic heterocycles. The molecule has 1 amide bonds. The third-order valence-corrected chi connectivity index (χ3v) is 2.61. The van der Waals surface area contributed by atoms with Crippen LogP contribution in [0.25, 0.3) is 0 Å². The number of benzene rings is 1. The molecule has 1 aromatic carbocycles. The molecular weight excluding hydrogens is 258 g/mol. The highest BCUT2D eigenvalue weighted by Crippen LogP contribution is 2.15. The van der Waals surface area contributed by atoms with Crippen molar-refractivity contribution < 1.29 is 19.8 Å². The van der Waals surface area contributed by atoms with Crippen LogP contribution < -0.4 is 5.32 Å². The zero-order chi connectivity index (χ0) is 13.8. The molecule has 0 spiro atoms. The molecule has 1 rings (SSSR count). The van der Waals surface area contributed by atoms with Gasteiger partial charge in [0.25, 0.3) is 5.91 Å². The maximum absolute atomic E-state index is 11.7.